The Morgan fingerprint density at radius 1 is 1.44 bits per heavy atom. The predicted octanol–water partition coefficient (Wildman–Crippen LogP) is 0.966. The maximum Gasteiger partial charge on any atom is 0.264 e. The Labute approximate surface area is 96.0 Å². The van der Waals surface area contributed by atoms with Crippen LogP contribution in [-0.4, -0.2) is 30.7 Å². The first kappa shape index (κ1) is 12.7. The molecule has 2 N–H and O–H groups in total. The normalized spacial score (nSPS) is 14.8. The van der Waals surface area contributed by atoms with E-state index < -0.39 is 11.6 Å². The molecule has 0 aromatic heterocycles. The van der Waals surface area contributed by atoms with Crippen LogP contribution in [0.1, 0.15) is 12.5 Å². The summed E-state index contributed by atoms with van der Waals surface area (Å²) in [5.41, 5.74) is 5.36. The minimum atomic E-state index is -1.07. The summed E-state index contributed by atoms with van der Waals surface area (Å²) in [4.78, 5) is 13.1. The molecule has 1 aromatic rings. The van der Waals surface area contributed by atoms with Crippen LogP contribution >= 0.6 is 0 Å². The number of ether oxygens (including phenoxy) is 1. The number of methoxy groups -OCH3 is 1. The van der Waals surface area contributed by atoms with Crippen LogP contribution in [0.3, 0.4) is 0 Å². The summed E-state index contributed by atoms with van der Waals surface area (Å²) in [5.74, 6) is -0.492. The molecule has 0 spiro atoms. The number of benzene rings is 1. The highest BCUT2D eigenvalue weighted by atomic mass is 16.5. The summed E-state index contributed by atoms with van der Waals surface area (Å²) in [6.45, 7) is 2.27. The molecule has 0 bridgehead atoms. The highest BCUT2D eigenvalue weighted by molar-refractivity contribution is 5.82. The summed E-state index contributed by atoms with van der Waals surface area (Å²) in [7, 11) is 3.29. The van der Waals surface area contributed by atoms with Gasteiger partial charge in [0.25, 0.3) is 5.91 Å². The molecule has 4 heteroatoms. The largest absolute Gasteiger partial charge is 0.366 e. The number of carbonyl (C=O) groups excluding carboxylic acids is 1. The second-order valence-corrected chi connectivity index (χ2v) is 3.89. The van der Waals surface area contributed by atoms with Gasteiger partial charge in [0.2, 0.25) is 0 Å². The van der Waals surface area contributed by atoms with E-state index in [1.165, 1.54) is 7.11 Å². The van der Waals surface area contributed by atoms with Gasteiger partial charge in [0.1, 0.15) is 0 Å². The van der Waals surface area contributed by atoms with Crippen LogP contribution in [0, 0.1) is 0 Å². The van der Waals surface area contributed by atoms with Gasteiger partial charge in [-0.1, -0.05) is 30.3 Å². The molecule has 1 unspecified atom stereocenters. The predicted molar refractivity (Wildman–Crippen MR) is 62.5 cm³/mol. The van der Waals surface area contributed by atoms with Crippen molar-refractivity contribution in [2.45, 2.75) is 19.2 Å². The molecule has 0 aliphatic carbocycles. The van der Waals surface area contributed by atoms with Gasteiger partial charge in [-0.05, 0) is 19.5 Å². The van der Waals surface area contributed by atoms with Crippen molar-refractivity contribution in [2.24, 2.45) is 5.73 Å². The zero-order valence-corrected chi connectivity index (χ0v) is 9.93. The van der Waals surface area contributed by atoms with E-state index in [1.807, 2.05) is 30.3 Å². The van der Waals surface area contributed by atoms with E-state index in [-0.39, 0.29) is 0 Å². The van der Waals surface area contributed by atoms with Crippen LogP contribution in [-0.2, 0) is 16.1 Å². The van der Waals surface area contributed by atoms with Crippen LogP contribution in [0.25, 0.3) is 0 Å². The smallest absolute Gasteiger partial charge is 0.264 e. The van der Waals surface area contributed by atoms with Crippen molar-refractivity contribution < 1.29 is 9.53 Å². The Balaban J connectivity index is 2.78. The molecule has 1 rings (SSSR count). The van der Waals surface area contributed by atoms with E-state index >= 15 is 0 Å². The highest BCUT2D eigenvalue weighted by Crippen LogP contribution is 2.16. The third kappa shape index (κ3) is 2.59. The van der Waals surface area contributed by atoms with Crippen LogP contribution in [0.4, 0.5) is 0 Å². The molecule has 4 nitrogen and oxygen atoms in total. The van der Waals surface area contributed by atoms with E-state index in [0.29, 0.717) is 6.54 Å². The van der Waals surface area contributed by atoms with Gasteiger partial charge >= 0.3 is 0 Å². The van der Waals surface area contributed by atoms with Crippen molar-refractivity contribution in [1.29, 1.82) is 0 Å². The van der Waals surface area contributed by atoms with Gasteiger partial charge in [0.15, 0.2) is 5.72 Å². The first-order valence-electron chi connectivity index (χ1n) is 5.11. The van der Waals surface area contributed by atoms with Crippen molar-refractivity contribution in [1.82, 2.24) is 4.90 Å². The summed E-state index contributed by atoms with van der Waals surface area (Å²) in [6.07, 6.45) is 0. The van der Waals surface area contributed by atoms with Crippen molar-refractivity contribution in [3.63, 3.8) is 0 Å². The van der Waals surface area contributed by atoms with Gasteiger partial charge < -0.3 is 10.5 Å². The Kier molecular flexibility index (Phi) is 4.04. The van der Waals surface area contributed by atoms with Gasteiger partial charge in [-0.2, -0.15) is 0 Å². The molecule has 0 aliphatic rings. The first-order chi connectivity index (χ1) is 7.50. The van der Waals surface area contributed by atoms with Crippen LogP contribution in [0.2, 0.25) is 0 Å². The summed E-state index contributed by atoms with van der Waals surface area (Å²) < 4.78 is 5.18. The number of carbonyl (C=O) groups is 1. The molecule has 0 saturated heterocycles. The lowest BCUT2D eigenvalue weighted by Crippen LogP contribution is -2.54. The van der Waals surface area contributed by atoms with E-state index in [0.717, 1.165) is 5.56 Å². The molecule has 88 valence electrons. The quantitative estimate of drug-likeness (QED) is 0.755. The topological polar surface area (TPSA) is 55.6 Å². The number of rotatable bonds is 5. The SMILES string of the molecule is COC(C)(C(N)=O)N(C)Cc1ccccc1. The lowest BCUT2D eigenvalue weighted by Gasteiger charge is -2.34. The molecule has 16 heavy (non-hydrogen) atoms. The van der Waals surface area contributed by atoms with Gasteiger partial charge in [0.05, 0.1) is 0 Å². The van der Waals surface area contributed by atoms with E-state index in [2.05, 4.69) is 0 Å². The number of likely N-dealkylation sites (N-methyl/N-ethyl adjacent to an activating group) is 1. The monoisotopic (exact) mass is 222 g/mol. The van der Waals surface area contributed by atoms with Gasteiger partial charge in [-0.25, -0.2) is 0 Å². The average molecular weight is 222 g/mol. The maximum absolute atomic E-state index is 11.3. The lowest BCUT2D eigenvalue weighted by atomic mass is 10.1. The molecule has 1 amide bonds. The van der Waals surface area contributed by atoms with Crippen molar-refractivity contribution >= 4 is 5.91 Å². The third-order valence-electron chi connectivity index (χ3n) is 2.85. The van der Waals surface area contributed by atoms with Crippen LogP contribution in [0.5, 0.6) is 0 Å². The van der Waals surface area contributed by atoms with E-state index in [4.69, 9.17) is 10.5 Å². The molecule has 0 radical (unpaired) electrons. The maximum atomic E-state index is 11.3. The van der Waals surface area contributed by atoms with Gasteiger partial charge in [-0.15, -0.1) is 0 Å². The molecule has 0 fully saturated rings. The first-order valence-corrected chi connectivity index (χ1v) is 5.11. The second-order valence-electron chi connectivity index (χ2n) is 3.89. The number of amides is 1. The number of nitrogens with zero attached hydrogens (tertiary/aromatic N) is 1. The minimum Gasteiger partial charge on any atom is -0.366 e. The van der Waals surface area contributed by atoms with E-state index in [1.54, 1.807) is 18.9 Å². The summed E-state index contributed by atoms with van der Waals surface area (Å²) >= 11 is 0. The Morgan fingerprint density at radius 2 is 2.00 bits per heavy atom. The van der Waals surface area contributed by atoms with Crippen molar-refractivity contribution in [2.75, 3.05) is 14.2 Å². The number of hydrogen-bond donors (Lipinski definition) is 1. The lowest BCUT2D eigenvalue weighted by molar-refractivity contribution is -0.162. The van der Waals surface area contributed by atoms with Crippen LogP contribution < -0.4 is 5.73 Å². The molecular weight excluding hydrogens is 204 g/mol. The fourth-order valence-corrected chi connectivity index (χ4v) is 1.45. The Bertz CT molecular complexity index is 353. The average Bonchev–Trinajstić information content (AvgIpc) is 2.28. The molecule has 0 heterocycles. The third-order valence-corrected chi connectivity index (χ3v) is 2.85. The zero-order chi connectivity index (χ0) is 12.2. The Hall–Kier alpha value is -1.39. The van der Waals surface area contributed by atoms with Gasteiger partial charge in [-0.3, -0.25) is 9.69 Å². The van der Waals surface area contributed by atoms with Gasteiger partial charge in [0, 0.05) is 13.7 Å². The van der Waals surface area contributed by atoms with Crippen molar-refractivity contribution in [3.05, 3.63) is 35.9 Å². The number of primary amides is 1. The number of nitrogens with two attached hydrogens (primary N) is 1. The Morgan fingerprint density at radius 3 is 2.44 bits per heavy atom. The molecule has 0 saturated carbocycles. The fraction of sp³-hybridized carbons (Fsp3) is 0.417. The fourth-order valence-electron chi connectivity index (χ4n) is 1.45. The molecule has 0 aliphatic heterocycles. The molecule has 1 aromatic carbocycles. The summed E-state index contributed by atoms with van der Waals surface area (Å²) in [6, 6.07) is 9.85. The van der Waals surface area contributed by atoms with Crippen molar-refractivity contribution in [3.8, 4) is 0 Å². The minimum absolute atomic E-state index is 0.492. The molecule has 1 atom stereocenters. The standard InChI is InChI=1S/C12H18N2O2/c1-12(16-3,11(13)15)14(2)9-10-7-5-4-6-8-10/h4-8H,9H2,1-3H3,(H2,13,15). The zero-order valence-electron chi connectivity index (χ0n) is 9.93. The highest BCUT2D eigenvalue weighted by Gasteiger charge is 2.35. The number of hydrogen-bond acceptors (Lipinski definition) is 3. The van der Waals surface area contributed by atoms with Crippen LogP contribution in [0.15, 0.2) is 30.3 Å². The second kappa shape index (κ2) is 5.09. The summed E-state index contributed by atoms with van der Waals surface area (Å²) in [5, 5.41) is 0. The molecular formula is C12H18N2O2. The van der Waals surface area contributed by atoms with E-state index in [9.17, 15) is 4.79 Å².